The molecule has 3 nitrogen and oxygen atoms in total. The van der Waals surface area contributed by atoms with Crippen LogP contribution in [-0.4, -0.2) is 16.3 Å². The maximum absolute atomic E-state index is 11.6. The van der Waals surface area contributed by atoms with Gasteiger partial charge in [0.15, 0.2) is 6.04 Å². The molecule has 0 fully saturated rings. The summed E-state index contributed by atoms with van der Waals surface area (Å²) in [5, 5.41) is 0. The first kappa shape index (κ1) is 8.41. The van der Waals surface area contributed by atoms with E-state index in [9.17, 15) is 4.79 Å². The van der Waals surface area contributed by atoms with Crippen LogP contribution in [0, 0.1) is 0 Å². The molecular formula is C10H11NO2S. The Balaban J connectivity index is 1.98. The predicted octanol–water partition coefficient (Wildman–Crippen LogP) is 2.17. The maximum Gasteiger partial charge on any atom is 0.338 e. The van der Waals surface area contributed by atoms with E-state index in [0.29, 0.717) is 0 Å². The van der Waals surface area contributed by atoms with Crippen molar-refractivity contribution in [2.75, 3.05) is 0 Å². The van der Waals surface area contributed by atoms with Crippen LogP contribution in [-0.2, 0) is 9.53 Å². The minimum Gasteiger partial charge on any atom is -0.431 e. The molecule has 0 amide bonds. The van der Waals surface area contributed by atoms with Gasteiger partial charge in [0.1, 0.15) is 6.26 Å². The van der Waals surface area contributed by atoms with E-state index >= 15 is 0 Å². The fraction of sp³-hybridized carbons (Fsp3) is 0.500. The van der Waals surface area contributed by atoms with Gasteiger partial charge in [-0.05, 0) is 43.2 Å². The van der Waals surface area contributed by atoms with E-state index in [-0.39, 0.29) is 12.0 Å². The minimum absolute atomic E-state index is 0.119. The number of ether oxygens (including phenoxy) is 1. The van der Waals surface area contributed by atoms with Crippen LogP contribution >= 0.6 is 11.9 Å². The van der Waals surface area contributed by atoms with E-state index in [1.54, 1.807) is 11.9 Å². The van der Waals surface area contributed by atoms with Gasteiger partial charge in [-0.3, -0.25) is 4.31 Å². The largest absolute Gasteiger partial charge is 0.431 e. The SMILES string of the molecule is O=C1OC=CN2SC3=C(CCCC3)C12. The highest BCUT2D eigenvalue weighted by atomic mass is 32.2. The minimum atomic E-state index is -0.125. The second-order valence-electron chi connectivity index (χ2n) is 3.73. The molecule has 74 valence electrons. The number of esters is 1. The number of allylic oxidation sites excluding steroid dienone is 1. The van der Waals surface area contributed by atoms with Crippen molar-refractivity contribution < 1.29 is 9.53 Å². The molecule has 0 N–H and O–H groups in total. The van der Waals surface area contributed by atoms with Crippen molar-refractivity contribution in [1.82, 2.24) is 4.31 Å². The van der Waals surface area contributed by atoms with Gasteiger partial charge in [0, 0.05) is 11.1 Å². The highest BCUT2D eigenvalue weighted by Crippen LogP contribution is 2.46. The molecule has 3 aliphatic rings. The van der Waals surface area contributed by atoms with Crippen LogP contribution < -0.4 is 0 Å². The summed E-state index contributed by atoms with van der Waals surface area (Å²) in [7, 11) is 0. The van der Waals surface area contributed by atoms with Crippen LogP contribution in [0.3, 0.4) is 0 Å². The van der Waals surface area contributed by atoms with Gasteiger partial charge < -0.3 is 4.74 Å². The highest BCUT2D eigenvalue weighted by molar-refractivity contribution is 8.01. The number of hydrogen-bond acceptors (Lipinski definition) is 4. The summed E-state index contributed by atoms with van der Waals surface area (Å²) < 4.78 is 6.95. The van der Waals surface area contributed by atoms with Crippen LogP contribution in [0.4, 0.5) is 0 Å². The Morgan fingerprint density at radius 2 is 2.29 bits per heavy atom. The van der Waals surface area contributed by atoms with Gasteiger partial charge >= 0.3 is 5.97 Å². The molecule has 0 aromatic heterocycles. The quantitative estimate of drug-likeness (QED) is 0.452. The average molecular weight is 209 g/mol. The Labute approximate surface area is 86.9 Å². The lowest BCUT2D eigenvalue weighted by Crippen LogP contribution is -2.35. The van der Waals surface area contributed by atoms with Crippen molar-refractivity contribution in [3.05, 3.63) is 22.9 Å². The van der Waals surface area contributed by atoms with Crippen LogP contribution in [0.25, 0.3) is 0 Å². The summed E-state index contributed by atoms with van der Waals surface area (Å²) in [6.07, 6.45) is 7.99. The lowest BCUT2D eigenvalue weighted by atomic mass is 9.93. The molecule has 1 atom stereocenters. The van der Waals surface area contributed by atoms with Crippen molar-refractivity contribution >= 4 is 17.9 Å². The highest BCUT2D eigenvalue weighted by Gasteiger charge is 2.40. The van der Waals surface area contributed by atoms with Crippen LogP contribution in [0.5, 0.6) is 0 Å². The molecule has 0 spiro atoms. The van der Waals surface area contributed by atoms with Crippen molar-refractivity contribution in [2.24, 2.45) is 0 Å². The summed E-state index contributed by atoms with van der Waals surface area (Å²) in [6.45, 7) is 0. The number of fused-ring (bicyclic) bond motifs is 2. The summed E-state index contributed by atoms with van der Waals surface area (Å²) >= 11 is 1.71. The first-order valence-corrected chi connectivity index (χ1v) is 5.69. The number of cyclic esters (lactones) is 1. The van der Waals surface area contributed by atoms with E-state index in [4.69, 9.17) is 4.74 Å². The van der Waals surface area contributed by atoms with Crippen LogP contribution in [0.1, 0.15) is 25.7 Å². The maximum atomic E-state index is 11.6. The zero-order chi connectivity index (χ0) is 9.54. The zero-order valence-electron chi connectivity index (χ0n) is 7.73. The molecule has 0 saturated heterocycles. The molecule has 1 aliphatic carbocycles. The van der Waals surface area contributed by atoms with Crippen LogP contribution in [0.2, 0.25) is 0 Å². The molecule has 0 aromatic rings. The zero-order valence-corrected chi connectivity index (χ0v) is 8.55. The standard InChI is InChI=1S/C10H11NO2S/c12-10-9-7-3-1-2-4-8(7)14-11(9)5-6-13-10/h5-6,9H,1-4H2. The lowest BCUT2D eigenvalue weighted by molar-refractivity contribution is -0.141. The fourth-order valence-corrected chi connectivity index (χ4v) is 3.46. The molecule has 4 heteroatoms. The monoisotopic (exact) mass is 209 g/mol. The topological polar surface area (TPSA) is 29.5 Å². The molecular weight excluding hydrogens is 198 g/mol. The normalized spacial score (nSPS) is 30.1. The lowest BCUT2D eigenvalue weighted by Gasteiger charge is -2.24. The second-order valence-corrected chi connectivity index (χ2v) is 4.83. The predicted molar refractivity (Wildman–Crippen MR) is 53.9 cm³/mol. The summed E-state index contributed by atoms with van der Waals surface area (Å²) in [5.74, 6) is -0.119. The van der Waals surface area contributed by atoms with Crippen molar-refractivity contribution in [1.29, 1.82) is 0 Å². The smallest absolute Gasteiger partial charge is 0.338 e. The van der Waals surface area contributed by atoms with Gasteiger partial charge in [-0.15, -0.1) is 0 Å². The number of nitrogens with zero attached hydrogens (tertiary/aromatic N) is 1. The number of carbonyl (C=O) groups is 1. The first-order valence-electron chi connectivity index (χ1n) is 4.91. The molecule has 3 rings (SSSR count). The third-order valence-corrected chi connectivity index (χ3v) is 4.10. The van der Waals surface area contributed by atoms with Crippen LogP contribution in [0.15, 0.2) is 22.9 Å². The van der Waals surface area contributed by atoms with Crippen molar-refractivity contribution in [3.63, 3.8) is 0 Å². The molecule has 0 aromatic carbocycles. The Morgan fingerprint density at radius 3 is 3.21 bits per heavy atom. The van der Waals surface area contributed by atoms with Crippen molar-refractivity contribution in [2.45, 2.75) is 31.7 Å². The Hall–Kier alpha value is -0.900. The molecule has 0 saturated carbocycles. The van der Waals surface area contributed by atoms with E-state index in [2.05, 4.69) is 0 Å². The Morgan fingerprint density at radius 1 is 1.43 bits per heavy atom. The van der Waals surface area contributed by atoms with Gasteiger partial charge in [0.05, 0.1) is 0 Å². The molecule has 1 unspecified atom stereocenters. The van der Waals surface area contributed by atoms with Gasteiger partial charge in [-0.25, -0.2) is 4.79 Å². The second kappa shape index (κ2) is 3.05. The van der Waals surface area contributed by atoms with Crippen molar-refractivity contribution in [3.8, 4) is 0 Å². The first-order chi connectivity index (χ1) is 6.86. The molecule has 0 bridgehead atoms. The van der Waals surface area contributed by atoms with Gasteiger partial charge in [-0.2, -0.15) is 0 Å². The fourth-order valence-electron chi connectivity index (χ4n) is 2.21. The Kier molecular flexibility index (Phi) is 1.83. The number of hydrogen-bond donors (Lipinski definition) is 0. The van der Waals surface area contributed by atoms with E-state index in [1.165, 1.54) is 29.6 Å². The number of carbonyl (C=O) groups excluding carboxylic acids is 1. The van der Waals surface area contributed by atoms with Gasteiger partial charge in [-0.1, -0.05) is 0 Å². The molecule has 2 heterocycles. The van der Waals surface area contributed by atoms with E-state index in [0.717, 1.165) is 12.8 Å². The third kappa shape index (κ3) is 1.10. The molecule has 14 heavy (non-hydrogen) atoms. The molecule has 2 aliphatic heterocycles. The summed E-state index contributed by atoms with van der Waals surface area (Å²) in [6, 6.07) is -0.125. The summed E-state index contributed by atoms with van der Waals surface area (Å²) in [5.41, 5.74) is 1.30. The van der Waals surface area contributed by atoms with E-state index in [1.807, 2.05) is 10.5 Å². The third-order valence-electron chi connectivity index (χ3n) is 2.87. The van der Waals surface area contributed by atoms with E-state index < -0.39 is 0 Å². The summed E-state index contributed by atoms with van der Waals surface area (Å²) in [4.78, 5) is 13.0. The van der Waals surface area contributed by atoms with Gasteiger partial charge in [0.25, 0.3) is 0 Å². The molecule has 0 radical (unpaired) electrons. The van der Waals surface area contributed by atoms with Gasteiger partial charge in [0.2, 0.25) is 0 Å². The number of rotatable bonds is 0. The average Bonchev–Trinajstić information content (AvgIpc) is 2.57. The Bertz CT molecular complexity index is 348.